The van der Waals surface area contributed by atoms with Gasteiger partial charge in [0.25, 0.3) is 5.56 Å². The molecule has 2 heterocycles. The molecule has 1 fully saturated rings. The monoisotopic (exact) mass is 296 g/mol. The molecule has 114 valence electrons. The molecule has 0 spiro atoms. The molecule has 0 radical (unpaired) electrons. The summed E-state index contributed by atoms with van der Waals surface area (Å²) < 4.78 is 7.37. The van der Waals surface area contributed by atoms with Crippen LogP contribution in [0.25, 0.3) is 6.20 Å². The minimum Gasteiger partial charge on any atom is -0.394 e. The van der Waals surface area contributed by atoms with Crippen LogP contribution in [0.1, 0.15) is 18.2 Å². The second kappa shape index (κ2) is 6.17. The normalized spacial score (nSPS) is 25.6. The topological polar surface area (TPSA) is 111 Å². The van der Waals surface area contributed by atoms with Crippen LogP contribution in [0.15, 0.2) is 21.9 Å². The lowest BCUT2D eigenvalue weighted by molar-refractivity contribution is -0.104. The largest absolute Gasteiger partial charge is 0.394 e. The Morgan fingerprint density at radius 3 is 2.76 bits per heavy atom. The fourth-order valence-electron chi connectivity index (χ4n) is 2.23. The second-order valence-electron chi connectivity index (χ2n) is 4.77. The number of allylic oxidation sites excluding steroid dienone is 1. The predicted octanol–water partition coefficient (Wildman–Crippen LogP) is -1.37. The molecule has 0 aromatic carbocycles. The molecule has 8 heteroatoms. The Morgan fingerprint density at radius 1 is 1.48 bits per heavy atom. The molecule has 2 rings (SSSR count). The molecule has 0 saturated carbocycles. The number of aliphatic hydroxyl groups is 2. The van der Waals surface area contributed by atoms with E-state index in [4.69, 9.17) is 9.84 Å². The van der Waals surface area contributed by atoms with Crippen molar-refractivity contribution in [3.8, 4) is 0 Å². The van der Waals surface area contributed by atoms with Crippen LogP contribution >= 0.6 is 0 Å². The van der Waals surface area contributed by atoms with E-state index < -0.39 is 29.7 Å². The van der Waals surface area contributed by atoms with Gasteiger partial charge < -0.3 is 14.9 Å². The standard InChI is InChI=1S/C13H16N2O6/c1-8-6-15(11-5-9(18)10(7-17)21-11)13(20)14(12(8)19)3-2-4-16/h2-4,6,9-11,17-18H,5,7H2,1H3/t9-,10+,11+/m0/s1. The van der Waals surface area contributed by atoms with E-state index >= 15 is 0 Å². The number of nitrogens with zero attached hydrogens (tertiary/aromatic N) is 2. The molecule has 3 atom stereocenters. The van der Waals surface area contributed by atoms with Crippen LogP contribution in [0.4, 0.5) is 0 Å². The number of carbonyl (C=O) groups excluding carboxylic acids is 1. The Bertz CT molecular complexity index is 674. The van der Waals surface area contributed by atoms with Gasteiger partial charge >= 0.3 is 5.69 Å². The SMILES string of the molecule is Cc1cn([C@H]2C[C@H](O)[C@@H](CO)O2)c(=O)n(C=CC=O)c1=O. The van der Waals surface area contributed by atoms with Gasteiger partial charge in [-0.2, -0.15) is 0 Å². The molecule has 1 saturated heterocycles. The molecule has 1 aromatic rings. The van der Waals surface area contributed by atoms with Crippen molar-refractivity contribution in [2.75, 3.05) is 6.61 Å². The highest BCUT2D eigenvalue weighted by Gasteiger charge is 2.35. The summed E-state index contributed by atoms with van der Waals surface area (Å²) in [7, 11) is 0. The average Bonchev–Trinajstić information content (AvgIpc) is 2.84. The van der Waals surface area contributed by atoms with Crippen molar-refractivity contribution >= 4 is 12.5 Å². The van der Waals surface area contributed by atoms with Crippen molar-refractivity contribution in [1.29, 1.82) is 0 Å². The van der Waals surface area contributed by atoms with E-state index in [9.17, 15) is 19.5 Å². The molecular formula is C13H16N2O6. The van der Waals surface area contributed by atoms with E-state index in [0.29, 0.717) is 6.29 Å². The third kappa shape index (κ3) is 2.87. The van der Waals surface area contributed by atoms with Crippen LogP contribution in [-0.2, 0) is 9.53 Å². The van der Waals surface area contributed by atoms with Crippen LogP contribution in [0, 0.1) is 6.92 Å². The van der Waals surface area contributed by atoms with Crippen molar-refractivity contribution in [3.63, 3.8) is 0 Å². The molecule has 0 amide bonds. The molecule has 8 nitrogen and oxygen atoms in total. The molecule has 1 aliphatic rings. The van der Waals surface area contributed by atoms with Gasteiger partial charge in [0.05, 0.1) is 12.7 Å². The number of hydrogen-bond acceptors (Lipinski definition) is 6. The number of aryl methyl sites for hydroxylation is 1. The number of ether oxygens (including phenoxy) is 1. The summed E-state index contributed by atoms with van der Waals surface area (Å²) in [6.45, 7) is 1.16. The molecule has 1 aromatic heterocycles. The van der Waals surface area contributed by atoms with Crippen LogP contribution in [-0.4, -0.2) is 44.4 Å². The van der Waals surface area contributed by atoms with Gasteiger partial charge in [0.15, 0.2) is 0 Å². The van der Waals surface area contributed by atoms with E-state index in [1.165, 1.54) is 17.7 Å². The van der Waals surface area contributed by atoms with Crippen LogP contribution in [0.3, 0.4) is 0 Å². The van der Waals surface area contributed by atoms with E-state index in [0.717, 1.165) is 16.8 Å². The van der Waals surface area contributed by atoms with Crippen molar-refractivity contribution in [2.24, 2.45) is 0 Å². The van der Waals surface area contributed by atoms with E-state index in [2.05, 4.69) is 0 Å². The summed E-state index contributed by atoms with van der Waals surface area (Å²) in [6.07, 6.45) is 1.60. The zero-order valence-corrected chi connectivity index (χ0v) is 11.4. The fourth-order valence-corrected chi connectivity index (χ4v) is 2.23. The highest BCUT2D eigenvalue weighted by atomic mass is 16.5. The molecule has 0 bridgehead atoms. The minimum atomic E-state index is -0.891. The minimum absolute atomic E-state index is 0.125. The van der Waals surface area contributed by atoms with E-state index in [-0.39, 0.29) is 18.6 Å². The van der Waals surface area contributed by atoms with Crippen LogP contribution < -0.4 is 11.2 Å². The first-order valence-corrected chi connectivity index (χ1v) is 6.40. The van der Waals surface area contributed by atoms with Crippen LogP contribution in [0.5, 0.6) is 0 Å². The van der Waals surface area contributed by atoms with Gasteiger partial charge in [0.1, 0.15) is 18.6 Å². The maximum atomic E-state index is 12.3. The first-order valence-electron chi connectivity index (χ1n) is 6.40. The number of aldehydes is 1. The quantitative estimate of drug-likeness (QED) is 0.524. The first kappa shape index (κ1) is 15.4. The maximum absolute atomic E-state index is 12.3. The van der Waals surface area contributed by atoms with Crippen molar-refractivity contribution < 1.29 is 19.7 Å². The lowest BCUT2D eigenvalue weighted by Crippen LogP contribution is -2.39. The Labute approximate surface area is 119 Å². The Kier molecular flexibility index (Phi) is 4.51. The number of carbonyl (C=O) groups is 1. The predicted molar refractivity (Wildman–Crippen MR) is 72.7 cm³/mol. The van der Waals surface area contributed by atoms with Crippen molar-refractivity contribution in [3.05, 3.63) is 38.7 Å². The summed E-state index contributed by atoms with van der Waals surface area (Å²) in [5, 5.41) is 18.8. The highest BCUT2D eigenvalue weighted by molar-refractivity contribution is 5.69. The first-order chi connectivity index (χ1) is 9.99. The van der Waals surface area contributed by atoms with Gasteiger partial charge in [-0.1, -0.05) is 0 Å². The molecule has 0 aliphatic carbocycles. The number of rotatable bonds is 4. The van der Waals surface area contributed by atoms with Gasteiger partial charge in [-0.05, 0) is 13.0 Å². The summed E-state index contributed by atoms with van der Waals surface area (Å²) in [4.78, 5) is 34.5. The lowest BCUT2D eigenvalue weighted by atomic mass is 10.2. The number of hydrogen-bond donors (Lipinski definition) is 2. The molecule has 0 unspecified atom stereocenters. The van der Waals surface area contributed by atoms with E-state index in [1.54, 1.807) is 0 Å². The van der Waals surface area contributed by atoms with Gasteiger partial charge in [0, 0.05) is 24.4 Å². The number of aliphatic hydroxyl groups excluding tert-OH is 2. The summed E-state index contributed by atoms with van der Waals surface area (Å²) in [6, 6.07) is 0. The second-order valence-corrected chi connectivity index (χ2v) is 4.77. The molecule has 1 aliphatic heterocycles. The number of aromatic nitrogens is 2. The average molecular weight is 296 g/mol. The van der Waals surface area contributed by atoms with Crippen molar-refractivity contribution in [2.45, 2.75) is 31.8 Å². The Hall–Kier alpha value is -2.03. The van der Waals surface area contributed by atoms with Gasteiger partial charge in [-0.25, -0.2) is 9.36 Å². The molecule has 21 heavy (non-hydrogen) atoms. The third-order valence-corrected chi connectivity index (χ3v) is 3.32. The van der Waals surface area contributed by atoms with E-state index in [1.807, 2.05) is 0 Å². The smallest absolute Gasteiger partial charge is 0.337 e. The summed E-state index contributed by atoms with van der Waals surface area (Å²) in [5.74, 6) is 0. The van der Waals surface area contributed by atoms with Crippen LogP contribution in [0.2, 0.25) is 0 Å². The Morgan fingerprint density at radius 2 is 2.19 bits per heavy atom. The third-order valence-electron chi connectivity index (χ3n) is 3.32. The zero-order valence-electron chi connectivity index (χ0n) is 11.4. The van der Waals surface area contributed by atoms with Gasteiger partial charge in [-0.15, -0.1) is 0 Å². The Balaban J connectivity index is 2.49. The van der Waals surface area contributed by atoms with Gasteiger partial charge in [0.2, 0.25) is 0 Å². The maximum Gasteiger partial charge on any atom is 0.337 e. The fraction of sp³-hybridized carbons (Fsp3) is 0.462. The molecular weight excluding hydrogens is 280 g/mol. The summed E-state index contributed by atoms with van der Waals surface area (Å²) >= 11 is 0. The highest BCUT2D eigenvalue weighted by Crippen LogP contribution is 2.27. The zero-order chi connectivity index (χ0) is 15.6. The van der Waals surface area contributed by atoms with Gasteiger partial charge in [-0.3, -0.25) is 14.2 Å². The summed E-state index contributed by atoms with van der Waals surface area (Å²) in [5.41, 5.74) is -0.929. The molecule has 2 N–H and O–H groups in total. The lowest BCUT2D eigenvalue weighted by Gasteiger charge is -2.16. The van der Waals surface area contributed by atoms with Crippen molar-refractivity contribution in [1.82, 2.24) is 9.13 Å².